The van der Waals surface area contributed by atoms with Gasteiger partial charge in [0.25, 0.3) is 0 Å². The van der Waals surface area contributed by atoms with Gasteiger partial charge in [0.15, 0.2) is 0 Å². The lowest BCUT2D eigenvalue weighted by Crippen LogP contribution is -2.09. The third-order valence-corrected chi connectivity index (χ3v) is 2.57. The van der Waals surface area contributed by atoms with Gasteiger partial charge in [0, 0.05) is 13.2 Å². The van der Waals surface area contributed by atoms with Crippen LogP contribution in [0.5, 0.6) is 0 Å². The molecule has 0 aromatic rings. The molecule has 0 bridgehead atoms. The SMILES string of the molecule is CCOC(C)PC(C)OCC. The first-order chi connectivity index (χ1) is 5.20. The normalized spacial score (nSPS) is 17.5. The molecule has 2 nitrogen and oxygen atoms in total. The fraction of sp³-hybridized carbons (Fsp3) is 1.00. The summed E-state index contributed by atoms with van der Waals surface area (Å²) < 4.78 is 10.8. The summed E-state index contributed by atoms with van der Waals surface area (Å²) in [6.07, 6.45) is 0. The molecule has 0 aliphatic rings. The van der Waals surface area contributed by atoms with Gasteiger partial charge in [0.05, 0.1) is 11.7 Å². The van der Waals surface area contributed by atoms with Gasteiger partial charge in [-0.1, -0.05) is 8.58 Å². The van der Waals surface area contributed by atoms with Crippen LogP contribution in [0.1, 0.15) is 27.7 Å². The predicted molar refractivity (Wildman–Crippen MR) is 50.5 cm³/mol. The van der Waals surface area contributed by atoms with E-state index in [1.165, 1.54) is 0 Å². The lowest BCUT2D eigenvalue weighted by Gasteiger charge is -2.17. The van der Waals surface area contributed by atoms with E-state index in [-0.39, 0.29) is 0 Å². The second-order valence-corrected chi connectivity index (χ2v) is 4.32. The summed E-state index contributed by atoms with van der Waals surface area (Å²) in [6.45, 7) is 9.83. The summed E-state index contributed by atoms with van der Waals surface area (Å²) in [6, 6.07) is 0. The maximum absolute atomic E-state index is 5.39. The molecule has 0 saturated carbocycles. The van der Waals surface area contributed by atoms with Crippen LogP contribution in [0.2, 0.25) is 0 Å². The molecule has 0 radical (unpaired) electrons. The summed E-state index contributed by atoms with van der Waals surface area (Å²) in [5.41, 5.74) is 0. The van der Waals surface area contributed by atoms with Crippen molar-refractivity contribution >= 4 is 8.58 Å². The van der Waals surface area contributed by atoms with Crippen LogP contribution in [-0.4, -0.2) is 24.9 Å². The molecule has 68 valence electrons. The lowest BCUT2D eigenvalue weighted by atomic mass is 10.8. The van der Waals surface area contributed by atoms with Crippen molar-refractivity contribution in [3.05, 3.63) is 0 Å². The molecule has 0 fully saturated rings. The van der Waals surface area contributed by atoms with Crippen LogP contribution in [0.3, 0.4) is 0 Å². The zero-order valence-electron chi connectivity index (χ0n) is 7.89. The number of rotatable bonds is 6. The summed E-state index contributed by atoms with van der Waals surface area (Å²) in [4.78, 5) is 0. The molecule has 0 N–H and O–H groups in total. The average molecular weight is 178 g/mol. The van der Waals surface area contributed by atoms with Crippen LogP contribution in [0, 0.1) is 0 Å². The van der Waals surface area contributed by atoms with E-state index in [4.69, 9.17) is 9.47 Å². The molecule has 2 unspecified atom stereocenters. The molecule has 0 rings (SSSR count). The van der Waals surface area contributed by atoms with E-state index in [2.05, 4.69) is 13.8 Å². The van der Waals surface area contributed by atoms with Crippen LogP contribution < -0.4 is 0 Å². The highest BCUT2D eigenvalue weighted by Crippen LogP contribution is 2.26. The highest BCUT2D eigenvalue weighted by molar-refractivity contribution is 7.39. The van der Waals surface area contributed by atoms with Crippen molar-refractivity contribution in [2.45, 2.75) is 39.4 Å². The van der Waals surface area contributed by atoms with Gasteiger partial charge in [-0.15, -0.1) is 0 Å². The molecule has 0 aliphatic carbocycles. The van der Waals surface area contributed by atoms with E-state index < -0.39 is 0 Å². The Morgan fingerprint density at radius 2 is 1.36 bits per heavy atom. The first kappa shape index (κ1) is 11.4. The number of hydrogen-bond donors (Lipinski definition) is 0. The van der Waals surface area contributed by atoms with Crippen LogP contribution in [0.25, 0.3) is 0 Å². The molecule has 0 aromatic carbocycles. The van der Waals surface area contributed by atoms with E-state index in [9.17, 15) is 0 Å². The molecular weight excluding hydrogens is 159 g/mol. The summed E-state index contributed by atoms with van der Waals surface area (Å²) in [5.74, 6) is 0.697. The van der Waals surface area contributed by atoms with E-state index in [1.807, 2.05) is 13.8 Å². The number of hydrogen-bond acceptors (Lipinski definition) is 2. The smallest absolute Gasteiger partial charge is 0.0733 e. The Hall–Kier alpha value is 0.350. The first-order valence-electron chi connectivity index (χ1n) is 4.20. The summed E-state index contributed by atoms with van der Waals surface area (Å²) in [7, 11) is 0.749. The van der Waals surface area contributed by atoms with E-state index in [0.29, 0.717) is 11.7 Å². The average Bonchev–Trinajstić information content (AvgIpc) is 1.87. The van der Waals surface area contributed by atoms with E-state index in [0.717, 1.165) is 21.8 Å². The Morgan fingerprint density at radius 1 is 1.00 bits per heavy atom. The second-order valence-electron chi connectivity index (χ2n) is 2.36. The van der Waals surface area contributed by atoms with Crippen molar-refractivity contribution in [1.82, 2.24) is 0 Å². The third kappa shape index (κ3) is 6.74. The van der Waals surface area contributed by atoms with Gasteiger partial charge in [-0.2, -0.15) is 0 Å². The molecule has 2 atom stereocenters. The van der Waals surface area contributed by atoms with Crippen LogP contribution >= 0.6 is 8.58 Å². The van der Waals surface area contributed by atoms with E-state index in [1.54, 1.807) is 0 Å². The largest absolute Gasteiger partial charge is 0.375 e. The van der Waals surface area contributed by atoms with E-state index >= 15 is 0 Å². The lowest BCUT2D eigenvalue weighted by molar-refractivity contribution is 0.112. The Labute approximate surface area is 71.4 Å². The van der Waals surface area contributed by atoms with Gasteiger partial charge in [-0.05, 0) is 27.7 Å². The topological polar surface area (TPSA) is 18.5 Å². The second kappa shape index (κ2) is 7.02. The van der Waals surface area contributed by atoms with Gasteiger partial charge in [-0.3, -0.25) is 0 Å². The molecule has 3 heteroatoms. The van der Waals surface area contributed by atoms with Gasteiger partial charge < -0.3 is 9.47 Å². The Morgan fingerprint density at radius 3 is 1.64 bits per heavy atom. The molecule has 0 saturated heterocycles. The maximum atomic E-state index is 5.39. The standard InChI is InChI=1S/C8H19O2P/c1-5-9-7(3)11-8(4)10-6-2/h7-8,11H,5-6H2,1-4H3. The number of ether oxygens (including phenoxy) is 2. The van der Waals surface area contributed by atoms with Crippen molar-refractivity contribution in [1.29, 1.82) is 0 Å². The van der Waals surface area contributed by atoms with Crippen molar-refractivity contribution in [2.24, 2.45) is 0 Å². The van der Waals surface area contributed by atoms with Crippen LogP contribution in [-0.2, 0) is 9.47 Å². The van der Waals surface area contributed by atoms with Gasteiger partial charge in [-0.25, -0.2) is 0 Å². The zero-order chi connectivity index (χ0) is 8.69. The highest BCUT2D eigenvalue weighted by atomic mass is 31.1. The van der Waals surface area contributed by atoms with Crippen molar-refractivity contribution < 1.29 is 9.47 Å². The quantitative estimate of drug-likeness (QED) is 0.581. The third-order valence-electron chi connectivity index (χ3n) is 1.30. The Bertz CT molecular complexity index is 78.2. The Kier molecular flexibility index (Phi) is 7.25. The van der Waals surface area contributed by atoms with Crippen LogP contribution in [0.15, 0.2) is 0 Å². The Balaban J connectivity index is 3.32. The minimum Gasteiger partial charge on any atom is -0.375 e. The van der Waals surface area contributed by atoms with Crippen molar-refractivity contribution in [3.8, 4) is 0 Å². The minimum absolute atomic E-state index is 0.349. The first-order valence-corrected chi connectivity index (χ1v) is 5.35. The zero-order valence-corrected chi connectivity index (χ0v) is 8.89. The van der Waals surface area contributed by atoms with Gasteiger partial charge in [0.2, 0.25) is 0 Å². The monoisotopic (exact) mass is 178 g/mol. The molecule has 0 amide bonds. The predicted octanol–water partition coefficient (Wildman–Crippen LogP) is 2.43. The molecular formula is C8H19O2P. The molecule has 0 aromatic heterocycles. The van der Waals surface area contributed by atoms with Crippen molar-refractivity contribution in [3.63, 3.8) is 0 Å². The fourth-order valence-electron chi connectivity index (χ4n) is 0.927. The maximum Gasteiger partial charge on any atom is 0.0733 e. The molecule has 11 heavy (non-hydrogen) atoms. The van der Waals surface area contributed by atoms with Gasteiger partial charge >= 0.3 is 0 Å². The fourth-order valence-corrected chi connectivity index (χ4v) is 2.11. The molecule has 0 heterocycles. The minimum atomic E-state index is 0.349. The van der Waals surface area contributed by atoms with Gasteiger partial charge in [0.1, 0.15) is 0 Å². The molecule has 0 aliphatic heterocycles. The van der Waals surface area contributed by atoms with Crippen molar-refractivity contribution in [2.75, 3.05) is 13.2 Å². The highest BCUT2D eigenvalue weighted by Gasteiger charge is 2.06. The summed E-state index contributed by atoms with van der Waals surface area (Å²) >= 11 is 0. The molecule has 0 spiro atoms. The van der Waals surface area contributed by atoms with Crippen LogP contribution in [0.4, 0.5) is 0 Å². The summed E-state index contributed by atoms with van der Waals surface area (Å²) in [5, 5.41) is 0.